The number of allylic oxidation sites excluding steroid dienone is 3. The van der Waals surface area contributed by atoms with E-state index in [1.165, 1.54) is 7.11 Å². The van der Waals surface area contributed by atoms with Crippen molar-refractivity contribution in [2.45, 2.75) is 63.4 Å². The molecule has 39 heavy (non-hydrogen) atoms. The molecule has 8 nitrogen and oxygen atoms in total. The molecule has 1 heterocycles. The van der Waals surface area contributed by atoms with Crippen LogP contribution in [0.3, 0.4) is 0 Å². The molecule has 0 aromatic heterocycles. The maximum absolute atomic E-state index is 13.9. The summed E-state index contributed by atoms with van der Waals surface area (Å²) in [6.45, 7) is 1.84. The normalized spacial score (nSPS) is 21.4. The van der Waals surface area contributed by atoms with Gasteiger partial charge in [0.15, 0.2) is 28.8 Å². The fourth-order valence-corrected chi connectivity index (χ4v) is 6.09. The minimum Gasteiger partial charge on any atom is -0.504 e. The molecule has 2 aromatic carbocycles. The maximum Gasteiger partial charge on any atom is 0.337 e. The van der Waals surface area contributed by atoms with Crippen molar-refractivity contribution in [2.75, 3.05) is 21.3 Å². The molecule has 2 unspecified atom stereocenters. The van der Waals surface area contributed by atoms with Gasteiger partial charge in [-0.3, -0.25) is 4.79 Å². The molecule has 0 bridgehead atoms. The van der Waals surface area contributed by atoms with E-state index in [0.29, 0.717) is 46.1 Å². The topological polar surface area (TPSA) is 103 Å². The first-order valence-corrected chi connectivity index (χ1v) is 13.4. The number of ketones is 1. The zero-order valence-electron chi connectivity index (χ0n) is 22.8. The fourth-order valence-electron chi connectivity index (χ4n) is 6.09. The van der Waals surface area contributed by atoms with Gasteiger partial charge in [-0.2, -0.15) is 0 Å². The number of carbonyl (C=O) groups is 2. The average Bonchev–Trinajstić information content (AvgIpc) is 3.44. The molecule has 0 amide bonds. The molecule has 1 saturated carbocycles. The molecule has 1 aliphatic heterocycles. The monoisotopic (exact) mass is 533 g/mol. The number of Topliss-reactive ketones (excluding diaryl/α,β-unsaturated/α-hetero) is 1. The lowest BCUT2D eigenvalue weighted by Gasteiger charge is -2.37. The van der Waals surface area contributed by atoms with Gasteiger partial charge in [-0.1, -0.05) is 12.1 Å². The van der Waals surface area contributed by atoms with E-state index in [1.807, 2.05) is 25.1 Å². The number of phenols is 1. The molecule has 2 atom stereocenters. The molecule has 1 fully saturated rings. The van der Waals surface area contributed by atoms with E-state index in [4.69, 9.17) is 18.9 Å². The number of dihydropyridines is 1. The van der Waals surface area contributed by atoms with E-state index >= 15 is 0 Å². The van der Waals surface area contributed by atoms with E-state index < -0.39 is 11.9 Å². The molecule has 2 aliphatic carbocycles. The predicted molar refractivity (Wildman–Crippen MR) is 145 cm³/mol. The van der Waals surface area contributed by atoms with Crippen molar-refractivity contribution in [2.24, 2.45) is 0 Å². The van der Waals surface area contributed by atoms with Gasteiger partial charge in [-0.15, -0.1) is 0 Å². The number of hydrogen-bond donors (Lipinski definition) is 2. The van der Waals surface area contributed by atoms with Gasteiger partial charge in [0.1, 0.15) is 6.10 Å². The van der Waals surface area contributed by atoms with Crippen LogP contribution in [0.1, 0.15) is 68.4 Å². The van der Waals surface area contributed by atoms with Crippen molar-refractivity contribution in [3.05, 3.63) is 70.1 Å². The van der Waals surface area contributed by atoms with Gasteiger partial charge in [-0.25, -0.2) is 4.79 Å². The second-order valence-electron chi connectivity index (χ2n) is 10.4. The van der Waals surface area contributed by atoms with Crippen molar-refractivity contribution < 1.29 is 33.6 Å². The third-order valence-electron chi connectivity index (χ3n) is 8.04. The van der Waals surface area contributed by atoms with Gasteiger partial charge in [0.25, 0.3) is 0 Å². The standard InChI is InChI=1S/C31H35NO7/c1-17-28(31(35)39-21-7-5-6-8-21)29(19-10-11-25(36-2)23(33)14-19)30-22(32-17)13-20(15-24(30)34)18-9-12-26(37-3)27(16-18)38-4/h9-12,14,16,20-21,29,32-33H,5-8,13,15H2,1-4H3. The van der Waals surface area contributed by atoms with E-state index in [0.717, 1.165) is 36.9 Å². The number of phenolic OH excluding ortho intramolecular Hbond substituents is 1. The molecule has 2 aromatic rings. The van der Waals surface area contributed by atoms with Crippen LogP contribution < -0.4 is 19.5 Å². The first-order chi connectivity index (χ1) is 18.8. The van der Waals surface area contributed by atoms with Crippen molar-refractivity contribution in [3.63, 3.8) is 0 Å². The zero-order chi connectivity index (χ0) is 27.7. The third kappa shape index (κ3) is 5.07. The van der Waals surface area contributed by atoms with Gasteiger partial charge >= 0.3 is 5.97 Å². The van der Waals surface area contributed by atoms with Crippen LogP contribution in [0, 0.1) is 0 Å². The molecule has 2 N–H and O–H groups in total. The summed E-state index contributed by atoms with van der Waals surface area (Å²) < 4.78 is 22.0. The Kier molecular flexibility index (Phi) is 7.55. The molecular weight excluding hydrogens is 498 g/mol. The van der Waals surface area contributed by atoms with Crippen molar-refractivity contribution in [1.82, 2.24) is 5.32 Å². The van der Waals surface area contributed by atoms with Crippen LogP contribution in [-0.4, -0.2) is 44.3 Å². The second-order valence-corrected chi connectivity index (χ2v) is 10.4. The van der Waals surface area contributed by atoms with Crippen LogP contribution in [0.2, 0.25) is 0 Å². The van der Waals surface area contributed by atoms with Crippen LogP contribution in [0.15, 0.2) is 58.9 Å². The summed E-state index contributed by atoms with van der Waals surface area (Å²) in [6, 6.07) is 10.7. The average molecular weight is 534 g/mol. The minimum absolute atomic E-state index is 0.0525. The zero-order valence-corrected chi connectivity index (χ0v) is 22.8. The minimum atomic E-state index is -0.661. The van der Waals surface area contributed by atoms with Gasteiger partial charge < -0.3 is 29.4 Å². The molecule has 0 saturated heterocycles. The Hall–Kier alpha value is -3.94. The van der Waals surface area contributed by atoms with Crippen molar-refractivity contribution in [3.8, 4) is 23.0 Å². The summed E-state index contributed by atoms with van der Waals surface area (Å²) in [6.07, 6.45) is 4.51. The highest BCUT2D eigenvalue weighted by Crippen LogP contribution is 2.47. The number of rotatable bonds is 7. The molecule has 5 rings (SSSR count). The Bertz CT molecular complexity index is 1350. The Morgan fingerprint density at radius 2 is 1.56 bits per heavy atom. The summed E-state index contributed by atoms with van der Waals surface area (Å²) in [5, 5.41) is 14.0. The highest BCUT2D eigenvalue weighted by molar-refractivity contribution is 6.04. The number of methoxy groups -OCH3 is 3. The number of esters is 1. The van der Waals surface area contributed by atoms with Crippen LogP contribution >= 0.6 is 0 Å². The van der Waals surface area contributed by atoms with Crippen LogP contribution in [0.4, 0.5) is 0 Å². The van der Waals surface area contributed by atoms with Crippen molar-refractivity contribution in [1.29, 1.82) is 0 Å². The Morgan fingerprint density at radius 3 is 2.23 bits per heavy atom. The first kappa shape index (κ1) is 26.7. The SMILES string of the molecule is COc1ccc(C2C(C(=O)OC3CCCC3)=C(C)NC3=C2C(=O)CC(c2ccc(OC)c(OC)c2)C3)cc1O. The van der Waals surface area contributed by atoms with Crippen molar-refractivity contribution >= 4 is 11.8 Å². The highest BCUT2D eigenvalue weighted by Gasteiger charge is 2.42. The third-order valence-corrected chi connectivity index (χ3v) is 8.04. The van der Waals surface area contributed by atoms with E-state index in [2.05, 4.69) is 5.32 Å². The first-order valence-electron chi connectivity index (χ1n) is 13.4. The lowest BCUT2D eigenvalue weighted by molar-refractivity contribution is -0.144. The molecule has 206 valence electrons. The fraction of sp³-hybridized carbons (Fsp3) is 0.419. The smallest absolute Gasteiger partial charge is 0.337 e. The highest BCUT2D eigenvalue weighted by atomic mass is 16.5. The molecule has 0 radical (unpaired) electrons. The number of carbonyl (C=O) groups excluding carboxylic acids is 2. The van der Waals surface area contributed by atoms with Crippen LogP contribution in [-0.2, 0) is 14.3 Å². The maximum atomic E-state index is 13.9. The molecule has 8 heteroatoms. The Balaban J connectivity index is 1.55. The van der Waals surface area contributed by atoms with Crippen LogP contribution in [0.25, 0.3) is 0 Å². The lowest BCUT2D eigenvalue weighted by atomic mass is 9.71. The quantitative estimate of drug-likeness (QED) is 0.465. The van der Waals surface area contributed by atoms with E-state index in [9.17, 15) is 14.7 Å². The largest absolute Gasteiger partial charge is 0.504 e. The number of ether oxygens (including phenoxy) is 4. The summed E-state index contributed by atoms with van der Waals surface area (Å²) in [5.74, 6) is 0.292. The number of nitrogens with one attached hydrogen (secondary N) is 1. The predicted octanol–water partition coefficient (Wildman–Crippen LogP) is 5.27. The summed E-state index contributed by atoms with van der Waals surface area (Å²) in [5.41, 5.74) is 3.99. The number of aromatic hydroxyl groups is 1. The Morgan fingerprint density at radius 1 is 0.897 bits per heavy atom. The molecular formula is C31H35NO7. The molecule has 0 spiro atoms. The number of hydrogen-bond acceptors (Lipinski definition) is 8. The van der Waals surface area contributed by atoms with Gasteiger partial charge in [0.2, 0.25) is 0 Å². The van der Waals surface area contributed by atoms with Gasteiger partial charge in [-0.05, 0) is 80.3 Å². The van der Waals surface area contributed by atoms with Gasteiger partial charge in [0, 0.05) is 29.3 Å². The number of benzene rings is 2. The lowest BCUT2D eigenvalue weighted by Crippen LogP contribution is -2.36. The van der Waals surface area contributed by atoms with E-state index in [1.54, 1.807) is 32.4 Å². The summed E-state index contributed by atoms with van der Waals surface area (Å²) in [4.78, 5) is 27.5. The summed E-state index contributed by atoms with van der Waals surface area (Å²) >= 11 is 0. The summed E-state index contributed by atoms with van der Waals surface area (Å²) in [7, 11) is 4.66. The second kappa shape index (κ2) is 11.0. The Labute approximate surface area is 228 Å². The van der Waals surface area contributed by atoms with Crippen LogP contribution in [0.5, 0.6) is 23.0 Å². The molecule has 3 aliphatic rings. The van der Waals surface area contributed by atoms with E-state index in [-0.39, 0.29) is 30.0 Å². The van der Waals surface area contributed by atoms with Gasteiger partial charge in [0.05, 0.1) is 26.9 Å².